The minimum Gasteiger partial charge on any atom is -0.481 e. The molecule has 160 valence electrons. The van der Waals surface area contributed by atoms with Crippen molar-refractivity contribution in [1.82, 2.24) is 4.31 Å². The van der Waals surface area contributed by atoms with Crippen LogP contribution in [-0.4, -0.2) is 29.3 Å². The molecule has 1 aliphatic heterocycles. The number of sulfonamides is 1. The summed E-state index contributed by atoms with van der Waals surface area (Å²) < 4.78 is 55.2. The second-order valence-corrected chi connectivity index (χ2v) is 9.97. The number of carboxylic acid groups (broad SMARTS) is 1. The number of allylic oxidation sites excluding steroid dienone is 1. The summed E-state index contributed by atoms with van der Waals surface area (Å²) in [5, 5.41) is 10.3. The van der Waals surface area contributed by atoms with Gasteiger partial charge in [-0.3, -0.25) is 9.10 Å². The Bertz CT molecular complexity index is 1200. The van der Waals surface area contributed by atoms with Crippen LogP contribution in [0.3, 0.4) is 0 Å². The second kappa shape index (κ2) is 7.51. The Morgan fingerprint density at radius 3 is 2.27 bits per heavy atom. The Morgan fingerprint density at radius 1 is 1.10 bits per heavy atom. The monoisotopic (exact) mass is 475 g/mol. The van der Waals surface area contributed by atoms with Gasteiger partial charge < -0.3 is 5.11 Å². The maximum absolute atomic E-state index is 14.3. The average Bonchev–Trinajstić information content (AvgIpc) is 2.82. The van der Waals surface area contributed by atoms with Crippen molar-refractivity contribution in [2.45, 2.75) is 31.2 Å². The van der Waals surface area contributed by atoms with Crippen LogP contribution in [0, 0.1) is 17.6 Å². The molecule has 0 radical (unpaired) electrons. The Hall–Kier alpha value is -2.16. The zero-order valence-electron chi connectivity index (χ0n) is 16.1. The van der Waals surface area contributed by atoms with E-state index in [0.717, 1.165) is 16.4 Å². The summed E-state index contributed by atoms with van der Waals surface area (Å²) in [6, 6.07) is 6.56. The summed E-state index contributed by atoms with van der Waals surface area (Å²) in [5.41, 5.74) is -0.830. The van der Waals surface area contributed by atoms with E-state index in [1.54, 1.807) is 0 Å². The fraction of sp³-hybridized carbons (Fsp3) is 0.250. The normalized spacial score (nSPS) is 18.8. The van der Waals surface area contributed by atoms with Gasteiger partial charge >= 0.3 is 5.97 Å². The molecular formula is C20H17Cl2F2NO4S. The molecule has 5 nitrogen and oxygen atoms in total. The summed E-state index contributed by atoms with van der Waals surface area (Å²) in [6.45, 7) is 4.29. The molecule has 2 aromatic carbocycles. The lowest BCUT2D eigenvalue weighted by Gasteiger charge is -2.36. The molecule has 0 amide bonds. The summed E-state index contributed by atoms with van der Waals surface area (Å²) in [7, 11) is -4.56. The first-order valence-corrected chi connectivity index (χ1v) is 10.9. The van der Waals surface area contributed by atoms with Crippen LogP contribution in [0.25, 0.3) is 5.57 Å². The lowest BCUT2D eigenvalue weighted by molar-refractivity contribution is -0.141. The van der Waals surface area contributed by atoms with E-state index in [1.165, 1.54) is 39.0 Å². The summed E-state index contributed by atoms with van der Waals surface area (Å²) in [4.78, 5) is 11.4. The summed E-state index contributed by atoms with van der Waals surface area (Å²) >= 11 is 12.0. The van der Waals surface area contributed by atoms with E-state index in [2.05, 4.69) is 0 Å². The summed E-state index contributed by atoms with van der Waals surface area (Å²) in [5.74, 6) is -4.75. The molecule has 0 saturated carbocycles. The van der Waals surface area contributed by atoms with Crippen LogP contribution in [-0.2, 0) is 14.8 Å². The number of benzene rings is 2. The third-order valence-electron chi connectivity index (χ3n) is 5.10. The fourth-order valence-electron chi connectivity index (χ4n) is 3.96. The fourth-order valence-corrected chi connectivity index (χ4v) is 6.18. The minimum atomic E-state index is -4.56. The number of aliphatic carboxylic acids is 1. The third-order valence-corrected chi connectivity index (χ3v) is 7.95. The van der Waals surface area contributed by atoms with Gasteiger partial charge in [-0.2, -0.15) is 0 Å². The summed E-state index contributed by atoms with van der Waals surface area (Å²) in [6.07, 6.45) is 0. The first-order valence-electron chi connectivity index (χ1n) is 8.69. The minimum absolute atomic E-state index is 0.0921. The van der Waals surface area contributed by atoms with E-state index in [0.29, 0.717) is 11.6 Å². The van der Waals surface area contributed by atoms with Gasteiger partial charge in [-0.05, 0) is 56.2 Å². The van der Waals surface area contributed by atoms with Crippen molar-refractivity contribution in [3.8, 4) is 0 Å². The Balaban J connectivity index is 2.29. The Labute approximate surface area is 182 Å². The molecule has 0 fully saturated rings. The predicted molar refractivity (Wildman–Crippen MR) is 110 cm³/mol. The maximum atomic E-state index is 14.3. The molecule has 2 aromatic rings. The van der Waals surface area contributed by atoms with Crippen molar-refractivity contribution < 1.29 is 27.1 Å². The number of hydrogen-bond acceptors (Lipinski definition) is 3. The van der Waals surface area contributed by atoms with Gasteiger partial charge in [-0.1, -0.05) is 29.3 Å². The molecule has 1 aliphatic rings. The molecule has 3 rings (SSSR count). The maximum Gasteiger partial charge on any atom is 0.313 e. The number of rotatable bonds is 4. The molecule has 1 atom stereocenters. The molecule has 1 unspecified atom stereocenters. The Morgan fingerprint density at radius 2 is 1.73 bits per heavy atom. The molecule has 10 heteroatoms. The standard InChI is InChI=1S/C20H17Cl2F2NO4S/c1-10-17(11-4-6-13(21)14(22)8-11)18(19(26)27)20(2,3)25(10)30(28,29)16-7-5-12(23)9-15(16)24/h4-9,18H,1-3H3,(H,26,27). The quantitative estimate of drug-likeness (QED) is 0.660. The first-order chi connectivity index (χ1) is 13.8. The van der Waals surface area contributed by atoms with E-state index < -0.39 is 44.0 Å². The number of halogens is 4. The van der Waals surface area contributed by atoms with E-state index in [-0.39, 0.29) is 21.3 Å². The predicted octanol–water partition coefficient (Wildman–Crippen LogP) is 5.19. The van der Waals surface area contributed by atoms with Gasteiger partial charge in [0.25, 0.3) is 10.0 Å². The van der Waals surface area contributed by atoms with Crippen molar-refractivity contribution in [3.05, 3.63) is 69.3 Å². The van der Waals surface area contributed by atoms with Crippen LogP contribution in [0.5, 0.6) is 0 Å². The zero-order chi connectivity index (χ0) is 22.6. The number of carbonyl (C=O) groups is 1. The van der Waals surface area contributed by atoms with E-state index in [1.807, 2.05) is 0 Å². The van der Waals surface area contributed by atoms with Crippen molar-refractivity contribution in [2.24, 2.45) is 5.92 Å². The van der Waals surface area contributed by atoms with Crippen molar-refractivity contribution in [1.29, 1.82) is 0 Å². The molecule has 0 spiro atoms. The van der Waals surface area contributed by atoms with Crippen LogP contribution in [0.2, 0.25) is 10.0 Å². The molecule has 30 heavy (non-hydrogen) atoms. The highest BCUT2D eigenvalue weighted by Gasteiger charge is 2.54. The first kappa shape index (κ1) is 22.5. The largest absolute Gasteiger partial charge is 0.481 e. The lowest BCUT2D eigenvalue weighted by Crippen LogP contribution is -2.49. The van der Waals surface area contributed by atoms with Crippen LogP contribution in [0.15, 0.2) is 47.0 Å². The lowest BCUT2D eigenvalue weighted by atomic mass is 9.82. The van der Waals surface area contributed by atoms with E-state index in [9.17, 15) is 27.1 Å². The van der Waals surface area contributed by atoms with Crippen molar-refractivity contribution >= 4 is 44.8 Å². The topological polar surface area (TPSA) is 74.7 Å². The van der Waals surface area contributed by atoms with Gasteiger partial charge in [0.15, 0.2) is 0 Å². The van der Waals surface area contributed by atoms with Crippen LogP contribution in [0.4, 0.5) is 8.78 Å². The van der Waals surface area contributed by atoms with Crippen molar-refractivity contribution in [2.75, 3.05) is 0 Å². The van der Waals surface area contributed by atoms with E-state index >= 15 is 0 Å². The van der Waals surface area contributed by atoms with Gasteiger partial charge in [-0.15, -0.1) is 0 Å². The zero-order valence-corrected chi connectivity index (χ0v) is 18.4. The molecule has 0 saturated heterocycles. The van der Waals surface area contributed by atoms with Crippen LogP contribution >= 0.6 is 23.2 Å². The van der Waals surface area contributed by atoms with Gasteiger partial charge in [0.2, 0.25) is 0 Å². The molecular weight excluding hydrogens is 459 g/mol. The second-order valence-electron chi connectivity index (χ2n) is 7.40. The molecule has 1 N–H and O–H groups in total. The Kier molecular flexibility index (Phi) is 5.64. The smallest absolute Gasteiger partial charge is 0.313 e. The number of nitrogens with zero attached hydrogens (tertiary/aromatic N) is 1. The molecule has 0 aliphatic carbocycles. The highest BCUT2D eigenvalue weighted by Crippen LogP contribution is 2.50. The van der Waals surface area contributed by atoms with Crippen molar-refractivity contribution in [3.63, 3.8) is 0 Å². The SMILES string of the molecule is CC1=C(c2ccc(Cl)c(Cl)c2)C(C(=O)O)C(C)(C)N1S(=O)(=O)c1ccc(F)cc1F. The number of carboxylic acids is 1. The van der Waals surface area contributed by atoms with Gasteiger partial charge in [0, 0.05) is 11.8 Å². The van der Waals surface area contributed by atoms with Gasteiger partial charge in [-0.25, -0.2) is 17.2 Å². The third kappa shape index (κ3) is 3.46. The molecule has 0 bridgehead atoms. The molecule has 0 aromatic heterocycles. The molecule has 1 heterocycles. The van der Waals surface area contributed by atoms with E-state index in [4.69, 9.17) is 23.2 Å². The van der Waals surface area contributed by atoms with Crippen LogP contribution in [0.1, 0.15) is 26.3 Å². The van der Waals surface area contributed by atoms with Crippen LogP contribution < -0.4 is 0 Å². The highest BCUT2D eigenvalue weighted by atomic mass is 35.5. The average molecular weight is 476 g/mol. The highest BCUT2D eigenvalue weighted by molar-refractivity contribution is 7.89. The van der Waals surface area contributed by atoms with Gasteiger partial charge in [0.05, 0.1) is 15.6 Å². The van der Waals surface area contributed by atoms with Gasteiger partial charge in [0.1, 0.15) is 22.4 Å². The number of hydrogen-bond donors (Lipinski definition) is 1.